The molecule has 3 aromatic rings. The standard InChI is InChI=1S/C25H22ClFN6O3/c1-15-13-32(7-6-29-15)25(36)18-8-16(12-28)9-19(10-18)30-23(34)14-33-24(35)5-4-22(31-33)17-2-3-20(26)21(27)11-17/h2-5,8-11,15,29H,6-7,13-14H2,1H3,(H,30,34)/t15-/m1/s1. The number of nitriles is 1. The van der Waals surface area contributed by atoms with Gasteiger partial charge in [-0.15, -0.1) is 0 Å². The summed E-state index contributed by atoms with van der Waals surface area (Å²) in [5.41, 5.74) is 0.870. The predicted octanol–water partition coefficient (Wildman–Crippen LogP) is 2.65. The SMILES string of the molecule is C[C@@H]1CN(C(=O)c2cc(C#N)cc(NC(=O)Cn3nc(-c4ccc(Cl)c(F)c4)ccc3=O)c2)CCN1. The molecule has 0 saturated carbocycles. The van der Waals surface area contributed by atoms with E-state index in [2.05, 4.69) is 15.7 Å². The van der Waals surface area contributed by atoms with E-state index in [0.29, 0.717) is 25.2 Å². The van der Waals surface area contributed by atoms with E-state index in [9.17, 15) is 24.0 Å². The minimum Gasteiger partial charge on any atom is -0.336 e. The summed E-state index contributed by atoms with van der Waals surface area (Å²) in [4.78, 5) is 39.7. The van der Waals surface area contributed by atoms with E-state index >= 15 is 0 Å². The Morgan fingerprint density at radius 3 is 2.78 bits per heavy atom. The van der Waals surface area contributed by atoms with Gasteiger partial charge in [-0.1, -0.05) is 17.7 Å². The first-order valence-electron chi connectivity index (χ1n) is 11.1. The molecule has 0 unspecified atom stereocenters. The maximum Gasteiger partial charge on any atom is 0.267 e. The molecule has 4 rings (SSSR count). The molecular weight excluding hydrogens is 487 g/mol. The van der Waals surface area contributed by atoms with Crippen LogP contribution in [0.2, 0.25) is 5.02 Å². The number of nitrogens with one attached hydrogen (secondary N) is 2. The molecule has 1 saturated heterocycles. The smallest absolute Gasteiger partial charge is 0.267 e. The lowest BCUT2D eigenvalue weighted by Crippen LogP contribution is -2.51. The summed E-state index contributed by atoms with van der Waals surface area (Å²) >= 11 is 5.72. The second-order valence-electron chi connectivity index (χ2n) is 8.41. The molecular formula is C25H22ClFN6O3. The average Bonchev–Trinajstić information content (AvgIpc) is 2.86. The highest BCUT2D eigenvalue weighted by Crippen LogP contribution is 2.22. The molecule has 1 atom stereocenters. The zero-order valence-corrected chi connectivity index (χ0v) is 20.1. The first-order chi connectivity index (χ1) is 17.2. The molecule has 2 aromatic carbocycles. The molecule has 1 aliphatic rings. The molecule has 0 bridgehead atoms. The van der Waals surface area contributed by atoms with Gasteiger partial charge >= 0.3 is 0 Å². The highest BCUT2D eigenvalue weighted by molar-refractivity contribution is 6.30. The van der Waals surface area contributed by atoms with Crippen LogP contribution in [0, 0.1) is 17.1 Å². The van der Waals surface area contributed by atoms with Gasteiger partial charge in [0.2, 0.25) is 5.91 Å². The van der Waals surface area contributed by atoms with Crippen molar-refractivity contribution < 1.29 is 14.0 Å². The molecule has 0 radical (unpaired) electrons. The van der Waals surface area contributed by atoms with Crippen LogP contribution in [-0.2, 0) is 11.3 Å². The highest BCUT2D eigenvalue weighted by Gasteiger charge is 2.22. The molecule has 1 fully saturated rings. The lowest BCUT2D eigenvalue weighted by molar-refractivity contribution is -0.117. The molecule has 2 heterocycles. The van der Waals surface area contributed by atoms with Crippen molar-refractivity contribution >= 4 is 29.1 Å². The van der Waals surface area contributed by atoms with Gasteiger partial charge in [0.15, 0.2) is 0 Å². The van der Waals surface area contributed by atoms with Crippen molar-refractivity contribution in [1.29, 1.82) is 5.26 Å². The number of benzene rings is 2. The fourth-order valence-corrected chi connectivity index (χ4v) is 4.01. The van der Waals surface area contributed by atoms with E-state index in [0.717, 1.165) is 4.68 Å². The van der Waals surface area contributed by atoms with Crippen molar-refractivity contribution in [3.63, 3.8) is 0 Å². The van der Waals surface area contributed by atoms with Crippen LogP contribution in [0.15, 0.2) is 53.3 Å². The fraction of sp³-hybridized carbons (Fsp3) is 0.240. The van der Waals surface area contributed by atoms with Crippen molar-refractivity contribution in [2.24, 2.45) is 0 Å². The van der Waals surface area contributed by atoms with Gasteiger partial charge in [0, 0.05) is 48.6 Å². The minimum atomic E-state index is -0.635. The number of hydrogen-bond donors (Lipinski definition) is 2. The van der Waals surface area contributed by atoms with Gasteiger partial charge in [-0.25, -0.2) is 9.07 Å². The number of aromatic nitrogens is 2. The Balaban J connectivity index is 1.53. The van der Waals surface area contributed by atoms with Gasteiger partial charge in [0.1, 0.15) is 12.4 Å². The monoisotopic (exact) mass is 508 g/mol. The summed E-state index contributed by atoms with van der Waals surface area (Å²) in [5, 5.41) is 19.4. The Hall–Kier alpha value is -4.07. The Bertz CT molecular complexity index is 1430. The molecule has 2 amide bonds. The van der Waals surface area contributed by atoms with Crippen LogP contribution in [0.3, 0.4) is 0 Å². The van der Waals surface area contributed by atoms with Crippen LogP contribution in [0.4, 0.5) is 10.1 Å². The summed E-state index contributed by atoms with van der Waals surface area (Å²) in [7, 11) is 0. The number of carbonyl (C=O) groups is 2. The molecule has 0 aliphatic carbocycles. The van der Waals surface area contributed by atoms with E-state index in [1.807, 2.05) is 13.0 Å². The lowest BCUT2D eigenvalue weighted by atomic mass is 10.1. The molecule has 1 aliphatic heterocycles. The van der Waals surface area contributed by atoms with Gasteiger partial charge in [-0.2, -0.15) is 10.4 Å². The first kappa shape index (κ1) is 25.0. The van der Waals surface area contributed by atoms with Gasteiger partial charge in [-0.05, 0) is 43.3 Å². The fourth-order valence-electron chi connectivity index (χ4n) is 3.90. The van der Waals surface area contributed by atoms with Gasteiger partial charge < -0.3 is 15.5 Å². The van der Waals surface area contributed by atoms with Gasteiger partial charge in [0.05, 0.1) is 22.3 Å². The molecule has 2 N–H and O–H groups in total. The predicted molar refractivity (Wildman–Crippen MR) is 132 cm³/mol. The summed E-state index contributed by atoms with van der Waals surface area (Å²) in [5.74, 6) is -1.46. The number of halogens is 2. The van der Waals surface area contributed by atoms with Crippen molar-refractivity contribution in [3.8, 4) is 17.3 Å². The maximum absolute atomic E-state index is 13.8. The van der Waals surface area contributed by atoms with E-state index in [4.69, 9.17) is 11.6 Å². The Morgan fingerprint density at radius 2 is 2.06 bits per heavy atom. The van der Waals surface area contributed by atoms with Crippen LogP contribution < -0.4 is 16.2 Å². The summed E-state index contributed by atoms with van der Waals surface area (Å²) in [6.45, 7) is 3.27. The number of piperazine rings is 1. The van der Waals surface area contributed by atoms with Crippen LogP contribution in [0.1, 0.15) is 22.8 Å². The largest absolute Gasteiger partial charge is 0.336 e. The second-order valence-corrected chi connectivity index (χ2v) is 8.82. The van der Waals surface area contributed by atoms with Gasteiger partial charge in [-0.3, -0.25) is 14.4 Å². The average molecular weight is 509 g/mol. The van der Waals surface area contributed by atoms with Gasteiger partial charge in [0.25, 0.3) is 11.5 Å². The number of anilines is 1. The third kappa shape index (κ3) is 5.76. The lowest BCUT2D eigenvalue weighted by Gasteiger charge is -2.32. The molecule has 36 heavy (non-hydrogen) atoms. The number of hydrogen-bond acceptors (Lipinski definition) is 6. The number of nitrogens with zero attached hydrogens (tertiary/aromatic N) is 4. The molecule has 184 valence electrons. The van der Waals surface area contributed by atoms with Crippen LogP contribution >= 0.6 is 11.6 Å². The van der Waals surface area contributed by atoms with E-state index in [-0.39, 0.29) is 39.5 Å². The van der Waals surface area contributed by atoms with Crippen LogP contribution in [0.25, 0.3) is 11.3 Å². The highest BCUT2D eigenvalue weighted by atomic mass is 35.5. The number of rotatable bonds is 5. The van der Waals surface area contributed by atoms with Crippen molar-refractivity contribution in [3.05, 3.63) is 80.9 Å². The molecule has 9 nitrogen and oxygen atoms in total. The molecule has 1 aromatic heterocycles. The minimum absolute atomic E-state index is 0.0460. The van der Waals surface area contributed by atoms with Crippen molar-refractivity contribution in [2.75, 3.05) is 25.0 Å². The third-order valence-corrected chi connectivity index (χ3v) is 5.93. The van der Waals surface area contributed by atoms with Crippen LogP contribution in [-0.4, -0.2) is 52.2 Å². The summed E-state index contributed by atoms with van der Waals surface area (Å²) in [6.07, 6.45) is 0. The second kappa shape index (κ2) is 10.7. The van der Waals surface area contributed by atoms with E-state index in [1.165, 1.54) is 42.5 Å². The Labute approximate surface area is 211 Å². The summed E-state index contributed by atoms with van der Waals surface area (Å²) in [6, 6.07) is 13.3. The first-order valence-corrected chi connectivity index (χ1v) is 11.5. The number of amides is 2. The quantitative estimate of drug-likeness (QED) is 0.546. The van der Waals surface area contributed by atoms with Crippen molar-refractivity contribution in [1.82, 2.24) is 20.0 Å². The normalized spacial score (nSPS) is 15.3. The summed E-state index contributed by atoms with van der Waals surface area (Å²) < 4.78 is 14.8. The molecule has 0 spiro atoms. The zero-order valence-electron chi connectivity index (χ0n) is 19.3. The topological polar surface area (TPSA) is 120 Å². The Kier molecular flexibility index (Phi) is 7.43. The Morgan fingerprint density at radius 1 is 1.25 bits per heavy atom. The number of carbonyl (C=O) groups excluding carboxylic acids is 2. The van der Waals surface area contributed by atoms with Crippen molar-refractivity contribution in [2.45, 2.75) is 19.5 Å². The molecule has 11 heteroatoms. The van der Waals surface area contributed by atoms with Crippen LogP contribution in [0.5, 0.6) is 0 Å². The zero-order chi connectivity index (χ0) is 25.8. The van der Waals surface area contributed by atoms with E-state index < -0.39 is 23.8 Å². The maximum atomic E-state index is 13.8. The third-order valence-electron chi connectivity index (χ3n) is 5.62. The van der Waals surface area contributed by atoms with E-state index in [1.54, 1.807) is 11.0 Å².